The van der Waals surface area contributed by atoms with Crippen LogP contribution in [0.15, 0.2) is 4.99 Å². The van der Waals surface area contributed by atoms with Crippen molar-refractivity contribution in [1.29, 1.82) is 0 Å². The Hall–Kier alpha value is -1.54. The fourth-order valence-electron chi connectivity index (χ4n) is 3.39. The van der Waals surface area contributed by atoms with E-state index in [2.05, 4.69) is 27.2 Å². The SMILES string of the molecule is CN=C(NCCN1CCN(C(=O)OC(C)(C)C)CC1)N(C)CC1CCOC1. The van der Waals surface area contributed by atoms with E-state index in [9.17, 15) is 4.79 Å². The van der Waals surface area contributed by atoms with E-state index < -0.39 is 5.60 Å². The van der Waals surface area contributed by atoms with Crippen molar-refractivity contribution in [3.05, 3.63) is 0 Å². The summed E-state index contributed by atoms with van der Waals surface area (Å²) in [5, 5.41) is 3.44. The number of aliphatic imine (C=N–C) groups is 1. The summed E-state index contributed by atoms with van der Waals surface area (Å²) >= 11 is 0. The Morgan fingerprint density at radius 1 is 1.30 bits per heavy atom. The minimum atomic E-state index is -0.440. The van der Waals surface area contributed by atoms with Crippen molar-refractivity contribution in [2.24, 2.45) is 10.9 Å². The molecule has 0 aromatic heterocycles. The number of amides is 1. The van der Waals surface area contributed by atoms with Gasteiger partial charge in [-0.05, 0) is 27.2 Å². The number of guanidine groups is 1. The van der Waals surface area contributed by atoms with Gasteiger partial charge in [-0.2, -0.15) is 0 Å². The standard InChI is InChI=1S/C19H37N5O3/c1-19(2,3)27-18(25)24-11-9-23(10-12-24)8-7-21-17(20-4)22(5)14-16-6-13-26-15-16/h16H,6-15H2,1-5H3,(H,20,21). The van der Waals surface area contributed by atoms with Crippen LogP contribution in [0, 0.1) is 5.92 Å². The Bertz CT molecular complexity index is 492. The highest BCUT2D eigenvalue weighted by Crippen LogP contribution is 2.13. The molecular weight excluding hydrogens is 346 g/mol. The molecule has 27 heavy (non-hydrogen) atoms. The summed E-state index contributed by atoms with van der Waals surface area (Å²) in [7, 11) is 3.90. The van der Waals surface area contributed by atoms with E-state index in [1.807, 2.05) is 27.8 Å². The molecule has 1 unspecified atom stereocenters. The molecule has 0 bridgehead atoms. The highest BCUT2D eigenvalue weighted by Gasteiger charge is 2.25. The second-order valence-electron chi connectivity index (χ2n) is 8.39. The maximum absolute atomic E-state index is 12.1. The summed E-state index contributed by atoms with van der Waals surface area (Å²) in [6.07, 6.45) is 0.918. The lowest BCUT2D eigenvalue weighted by atomic mass is 10.1. The molecule has 2 saturated heterocycles. The van der Waals surface area contributed by atoms with E-state index in [0.717, 1.165) is 58.3 Å². The molecule has 2 aliphatic rings. The number of nitrogens with one attached hydrogen (secondary N) is 1. The van der Waals surface area contributed by atoms with Gasteiger partial charge < -0.3 is 24.6 Å². The van der Waals surface area contributed by atoms with E-state index in [1.165, 1.54) is 0 Å². The highest BCUT2D eigenvalue weighted by molar-refractivity contribution is 5.79. The van der Waals surface area contributed by atoms with Gasteiger partial charge in [0.1, 0.15) is 5.60 Å². The first-order valence-electron chi connectivity index (χ1n) is 9.98. The summed E-state index contributed by atoms with van der Waals surface area (Å²) in [5.74, 6) is 1.52. The van der Waals surface area contributed by atoms with Crippen LogP contribution in [0.5, 0.6) is 0 Å². The number of carbonyl (C=O) groups excluding carboxylic acids is 1. The molecule has 2 aliphatic heterocycles. The minimum absolute atomic E-state index is 0.210. The third-order valence-electron chi connectivity index (χ3n) is 4.86. The zero-order valence-corrected chi connectivity index (χ0v) is 17.7. The van der Waals surface area contributed by atoms with E-state index in [0.29, 0.717) is 19.0 Å². The molecule has 0 radical (unpaired) electrons. The second-order valence-corrected chi connectivity index (χ2v) is 8.39. The predicted octanol–water partition coefficient (Wildman–Crippen LogP) is 1.08. The lowest BCUT2D eigenvalue weighted by Crippen LogP contribution is -2.52. The molecule has 2 fully saturated rings. The number of hydrogen-bond donors (Lipinski definition) is 1. The second kappa shape index (κ2) is 10.1. The maximum atomic E-state index is 12.1. The van der Waals surface area contributed by atoms with Crippen molar-refractivity contribution in [3.8, 4) is 0 Å². The predicted molar refractivity (Wildman–Crippen MR) is 107 cm³/mol. The van der Waals surface area contributed by atoms with Gasteiger partial charge in [0, 0.05) is 72.4 Å². The monoisotopic (exact) mass is 383 g/mol. The van der Waals surface area contributed by atoms with Gasteiger partial charge >= 0.3 is 6.09 Å². The Morgan fingerprint density at radius 2 is 2.00 bits per heavy atom. The Labute approximate surface area is 163 Å². The number of nitrogens with zero attached hydrogens (tertiary/aromatic N) is 4. The number of piperazine rings is 1. The first kappa shape index (κ1) is 21.8. The average molecular weight is 384 g/mol. The van der Waals surface area contributed by atoms with E-state index >= 15 is 0 Å². The van der Waals surface area contributed by atoms with Gasteiger partial charge in [-0.1, -0.05) is 0 Å². The number of rotatable bonds is 5. The lowest BCUT2D eigenvalue weighted by Gasteiger charge is -2.35. The summed E-state index contributed by atoms with van der Waals surface area (Å²) in [6.45, 7) is 13.3. The van der Waals surface area contributed by atoms with Crippen molar-refractivity contribution < 1.29 is 14.3 Å². The minimum Gasteiger partial charge on any atom is -0.444 e. The van der Waals surface area contributed by atoms with E-state index in [1.54, 1.807) is 4.90 Å². The molecule has 2 heterocycles. The summed E-state index contributed by atoms with van der Waals surface area (Å²) in [6, 6.07) is 0. The summed E-state index contributed by atoms with van der Waals surface area (Å²) in [5.41, 5.74) is -0.440. The molecule has 0 aliphatic carbocycles. The van der Waals surface area contributed by atoms with Crippen LogP contribution in [0.2, 0.25) is 0 Å². The van der Waals surface area contributed by atoms with Crippen LogP contribution in [-0.4, -0.2) is 105 Å². The van der Waals surface area contributed by atoms with Crippen LogP contribution in [0.3, 0.4) is 0 Å². The molecule has 2 rings (SSSR count). The molecule has 1 amide bonds. The normalized spacial score (nSPS) is 22.0. The van der Waals surface area contributed by atoms with Gasteiger partial charge in [-0.25, -0.2) is 4.79 Å². The topological polar surface area (TPSA) is 69.6 Å². The zero-order valence-electron chi connectivity index (χ0n) is 17.7. The first-order valence-corrected chi connectivity index (χ1v) is 9.98. The molecule has 8 heteroatoms. The van der Waals surface area contributed by atoms with Gasteiger partial charge in [0.05, 0.1) is 6.61 Å². The quantitative estimate of drug-likeness (QED) is 0.566. The van der Waals surface area contributed by atoms with Crippen molar-refractivity contribution in [3.63, 3.8) is 0 Å². The van der Waals surface area contributed by atoms with Crippen LogP contribution in [0.25, 0.3) is 0 Å². The fourth-order valence-corrected chi connectivity index (χ4v) is 3.39. The molecule has 0 aromatic rings. The molecular formula is C19H37N5O3. The highest BCUT2D eigenvalue weighted by atomic mass is 16.6. The number of hydrogen-bond acceptors (Lipinski definition) is 5. The van der Waals surface area contributed by atoms with Gasteiger partial charge in [-0.3, -0.25) is 9.89 Å². The van der Waals surface area contributed by atoms with Crippen LogP contribution >= 0.6 is 0 Å². The van der Waals surface area contributed by atoms with Crippen LogP contribution < -0.4 is 5.32 Å². The summed E-state index contributed by atoms with van der Waals surface area (Å²) < 4.78 is 10.9. The number of carbonyl (C=O) groups is 1. The summed E-state index contributed by atoms with van der Waals surface area (Å²) in [4.78, 5) is 22.9. The van der Waals surface area contributed by atoms with Crippen molar-refractivity contribution >= 4 is 12.1 Å². The van der Waals surface area contributed by atoms with Gasteiger partial charge in [0.25, 0.3) is 0 Å². The third-order valence-corrected chi connectivity index (χ3v) is 4.86. The average Bonchev–Trinajstić information content (AvgIpc) is 3.10. The van der Waals surface area contributed by atoms with Gasteiger partial charge in [0.15, 0.2) is 5.96 Å². The van der Waals surface area contributed by atoms with Gasteiger partial charge in [-0.15, -0.1) is 0 Å². The number of ether oxygens (including phenoxy) is 2. The Morgan fingerprint density at radius 3 is 2.56 bits per heavy atom. The largest absolute Gasteiger partial charge is 0.444 e. The molecule has 8 nitrogen and oxygen atoms in total. The van der Waals surface area contributed by atoms with Crippen LogP contribution in [-0.2, 0) is 9.47 Å². The van der Waals surface area contributed by atoms with Crippen LogP contribution in [0.1, 0.15) is 27.2 Å². The molecule has 0 spiro atoms. The van der Waals surface area contributed by atoms with E-state index in [4.69, 9.17) is 9.47 Å². The fraction of sp³-hybridized carbons (Fsp3) is 0.895. The van der Waals surface area contributed by atoms with Crippen LogP contribution in [0.4, 0.5) is 4.79 Å². The third kappa shape index (κ3) is 7.54. The van der Waals surface area contributed by atoms with Crippen molar-refractivity contribution in [2.75, 3.05) is 73.1 Å². The smallest absolute Gasteiger partial charge is 0.410 e. The molecule has 1 N–H and O–H groups in total. The van der Waals surface area contributed by atoms with Crippen molar-refractivity contribution in [2.45, 2.75) is 32.8 Å². The Balaban J connectivity index is 1.64. The zero-order chi connectivity index (χ0) is 19.9. The molecule has 1 atom stereocenters. The maximum Gasteiger partial charge on any atom is 0.410 e. The van der Waals surface area contributed by atoms with Crippen molar-refractivity contribution in [1.82, 2.24) is 20.0 Å². The molecule has 156 valence electrons. The van der Waals surface area contributed by atoms with Gasteiger partial charge in [0.2, 0.25) is 0 Å². The first-order chi connectivity index (χ1) is 12.8. The lowest BCUT2D eigenvalue weighted by molar-refractivity contribution is 0.0147. The van der Waals surface area contributed by atoms with E-state index in [-0.39, 0.29) is 6.09 Å². The molecule has 0 aromatic carbocycles. The Kier molecular flexibility index (Phi) is 8.16. The molecule has 0 saturated carbocycles.